The molecule has 1 saturated heterocycles. The summed E-state index contributed by atoms with van der Waals surface area (Å²) >= 11 is 5.67. The predicted octanol–water partition coefficient (Wildman–Crippen LogP) is 2.86. The molecule has 0 atom stereocenters. The van der Waals surface area contributed by atoms with Gasteiger partial charge in [-0.25, -0.2) is 4.39 Å². The summed E-state index contributed by atoms with van der Waals surface area (Å²) in [7, 11) is 0. The minimum Gasteiger partial charge on any atom is -0.493 e. The van der Waals surface area contributed by atoms with Crippen LogP contribution in [0.15, 0.2) is 18.2 Å². The number of ether oxygens (including phenoxy) is 1. The Hall–Kier alpha value is -0.800. The summed E-state index contributed by atoms with van der Waals surface area (Å²) in [6.07, 6.45) is 2.27. The number of benzene rings is 1. The Balaban J connectivity index is 1.86. The predicted molar refractivity (Wildman–Crippen MR) is 62.5 cm³/mol. The van der Waals surface area contributed by atoms with Crippen LogP contribution in [0.4, 0.5) is 4.39 Å². The summed E-state index contributed by atoms with van der Waals surface area (Å²) in [5, 5.41) is 3.42. The molecule has 0 amide bonds. The molecule has 1 aromatic rings. The Morgan fingerprint density at radius 1 is 1.38 bits per heavy atom. The molecule has 0 spiro atoms. The van der Waals surface area contributed by atoms with Gasteiger partial charge < -0.3 is 10.1 Å². The van der Waals surface area contributed by atoms with Gasteiger partial charge in [-0.2, -0.15) is 0 Å². The van der Waals surface area contributed by atoms with Crippen molar-refractivity contribution in [2.45, 2.75) is 12.8 Å². The van der Waals surface area contributed by atoms with E-state index in [0.29, 0.717) is 18.3 Å². The largest absolute Gasteiger partial charge is 0.493 e. The van der Waals surface area contributed by atoms with E-state index >= 15 is 0 Å². The van der Waals surface area contributed by atoms with E-state index in [1.807, 2.05) is 0 Å². The smallest absolute Gasteiger partial charge is 0.142 e. The van der Waals surface area contributed by atoms with Crippen LogP contribution in [-0.4, -0.2) is 19.7 Å². The van der Waals surface area contributed by atoms with Crippen LogP contribution in [0.5, 0.6) is 5.75 Å². The van der Waals surface area contributed by atoms with Crippen molar-refractivity contribution in [2.24, 2.45) is 5.92 Å². The lowest BCUT2D eigenvalue weighted by molar-refractivity contribution is 0.215. The van der Waals surface area contributed by atoms with Crippen LogP contribution in [0, 0.1) is 11.7 Å². The van der Waals surface area contributed by atoms with Crippen molar-refractivity contribution in [1.82, 2.24) is 5.32 Å². The van der Waals surface area contributed by atoms with Crippen molar-refractivity contribution in [3.63, 3.8) is 0 Å². The van der Waals surface area contributed by atoms with Crippen molar-refractivity contribution < 1.29 is 9.13 Å². The monoisotopic (exact) mass is 243 g/mol. The van der Waals surface area contributed by atoms with Crippen molar-refractivity contribution in [1.29, 1.82) is 0 Å². The molecule has 1 aromatic carbocycles. The molecular weight excluding hydrogens is 229 g/mol. The molecule has 0 radical (unpaired) electrons. The highest BCUT2D eigenvalue weighted by Gasteiger charge is 2.13. The maximum Gasteiger partial charge on any atom is 0.142 e. The number of piperidine rings is 1. The Bertz CT molecular complexity index is 353. The summed E-state index contributed by atoms with van der Waals surface area (Å²) in [6, 6.07) is 4.47. The number of halogens is 2. The summed E-state index contributed by atoms with van der Waals surface area (Å²) in [4.78, 5) is 0. The minimum absolute atomic E-state index is 0.114. The second kappa shape index (κ2) is 5.51. The number of hydrogen-bond donors (Lipinski definition) is 1. The zero-order valence-electron chi connectivity index (χ0n) is 9.01. The molecule has 1 aliphatic heterocycles. The fraction of sp³-hybridized carbons (Fsp3) is 0.500. The Kier molecular flexibility index (Phi) is 4.02. The highest BCUT2D eigenvalue weighted by Crippen LogP contribution is 2.22. The average Bonchev–Trinajstić information content (AvgIpc) is 2.32. The molecule has 2 rings (SSSR count). The second-order valence-corrected chi connectivity index (χ2v) is 4.49. The minimum atomic E-state index is -0.407. The molecule has 0 unspecified atom stereocenters. The first-order chi connectivity index (χ1) is 7.75. The van der Waals surface area contributed by atoms with Gasteiger partial charge >= 0.3 is 0 Å². The van der Waals surface area contributed by atoms with Crippen LogP contribution >= 0.6 is 11.6 Å². The lowest BCUT2D eigenvalue weighted by Gasteiger charge is -2.22. The van der Waals surface area contributed by atoms with Gasteiger partial charge in [0, 0.05) is 6.07 Å². The lowest BCUT2D eigenvalue weighted by Crippen LogP contribution is -2.30. The fourth-order valence-corrected chi connectivity index (χ4v) is 2.00. The van der Waals surface area contributed by atoms with Gasteiger partial charge in [0.2, 0.25) is 0 Å². The maximum absolute atomic E-state index is 12.9. The molecular formula is C12H15ClFNO. The van der Waals surface area contributed by atoms with Crippen LogP contribution in [0.25, 0.3) is 0 Å². The first kappa shape index (κ1) is 11.7. The Labute approximate surface area is 99.7 Å². The zero-order chi connectivity index (χ0) is 11.4. The van der Waals surface area contributed by atoms with Crippen LogP contribution in [0.1, 0.15) is 12.8 Å². The normalized spacial score (nSPS) is 17.4. The third-order valence-electron chi connectivity index (χ3n) is 2.84. The molecule has 0 aliphatic carbocycles. The number of rotatable bonds is 3. The van der Waals surface area contributed by atoms with Gasteiger partial charge in [-0.05, 0) is 44.0 Å². The van der Waals surface area contributed by atoms with Crippen LogP contribution < -0.4 is 10.1 Å². The summed E-state index contributed by atoms with van der Waals surface area (Å²) in [5.41, 5.74) is 0. The van der Waals surface area contributed by atoms with Crippen LogP contribution in [-0.2, 0) is 0 Å². The second-order valence-electron chi connectivity index (χ2n) is 4.08. The SMILES string of the molecule is Fc1ccc(OCC2CCNCC2)cc1Cl. The van der Waals surface area contributed by atoms with Crippen molar-refractivity contribution >= 4 is 11.6 Å². The molecule has 88 valence electrons. The molecule has 4 heteroatoms. The van der Waals surface area contributed by atoms with Gasteiger partial charge in [0.1, 0.15) is 11.6 Å². The van der Waals surface area contributed by atoms with Gasteiger partial charge in [-0.1, -0.05) is 11.6 Å². The number of nitrogens with one attached hydrogen (secondary N) is 1. The van der Waals surface area contributed by atoms with E-state index in [1.165, 1.54) is 12.1 Å². The highest BCUT2D eigenvalue weighted by atomic mass is 35.5. The maximum atomic E-state index is 12.9. The molecule has 1 aliphatic rings. The average molecular weight is 244 g/mol. The summed E-state index contributed by atoms with van der Waals surface area (Å²) in [5.74, 6) is 0.825. The molecule has 1 heterocycles. The van der Waals surface area contributed by atoms with Gasteiger partial charge in [0.15, 0.2) is 0 Å². The molecule has 16 heavy (non-hydrogen) atoms. The molecule has 2 nitrogen and oxygen atoms in total. The van der Waals surface area contributed by atoms with E-state index in [0.717, 1.165) is 25.9 Å². The van der Waals surface area contributed by atoms with E-state index in [-0.39, 0.29) is 5.02 Å². The lowest BCUT2D eigenvalue weighted by atomic mass is 9.99. The van der Waals surface area contributed by atoms with Gasteiger partial charge in [0.05, 0.1) is 11.6 Å². The van der Waals surface area contributed by atoms with Gasteiger partial charge in [-0.3, -0.25) is 0 Å². The van der Waals surface area contributed by atoms with Crippen LogP contribution in [0.3, 0.4) is 0 Å². The Morgan fingerprint density at radius 2 is 2.12 bits per heavy atom. The Morgan fingerprint density at radius 3 is 2.81 bits per heavy atom. The van der Waals surface area contributed by atoms with E-state index in [4.69, 9.17) is 16.3 Å². The quantitative estimate of drug-likeness (QED) is 0.882. The molecule has 0 saturated carbocycles. The van der Waals surface area contributed by atoms with Crippen molar-refractivity contribution in [2.75, 3.05) is 19.7 Å². The van der Waals surface area contributed by atoms with Gasteiger partial charge in [0.25, 0.3) is 0 Å². The number of hydrogen-bond acceptors (Lipinski definition) is 2. The van der Waals surface area contributed by atoms with Gasteiger partial charge in [-0.15, -0.1) is 0 Å². The highest BCUT2D eigenvalue weighted by molar-refractivity contribution is 6.30. The third kappa shape index (κ3) is 3.09. The van der Waals surface area contributed by atoms with E-state index in [2.05, 4.69) is 5.32 Å². The molecule has 1 N–H and O–H groups in total. The summed E-state index contributed by atoms with van der Waals surface area (Å²) in [6.45, 7) is 2.79. The first-order valence-corrected chi connectivity index (χ1v) is 5.92. The van der Waals surface area contributed by atoms with E-state index < -0.39 is 5.82 Å². The van der Waals surface area contributed by atoms with E-state index in [9.17, 15) is 4.39 Å². The zero-order valence-corrected chi connectivity index (χ0v) is 9.77. The fourth-order valence-electron chi connectivity index (χ4n) is 1.83. The summed E-state index contributed by atoms with van der Waals surface area (Å²) < 4.78 is 18.5. The molecule has 1 fully saturated rings. The van der Waals surface area contributed by atoms with Crippen molar-refractivity contribution in [3.05, 3.63) is 29.0 Å². The molecule has 0 bridgehead atoms. The topological polar surface area (TPSA) is 21.3 Å². The third-order valence-corrected chi connectivity index (χ3v) is 3.13. The molecule has 0 aromatic heterocycles. The first-order valence-electron chi connectivity index (χ1n) is 5.54. The van der Waals surface area contributed by atoms with Crippen molar-refractivity contribution in [3.8, 4) is 5.75 Å². The standard InChI is InChI=1S/C12H15ClFNO/c13-11-7-10(1-2-12(11)14)16-8-9-3-5-15-6-4-9/h1-2,7,9,15H,3-6,8H2. The van der Waals surface area contributed by atoms with Crippen LogP contribution in [0.2, 0.25) is 5.02 Å². The van der Waals surface area contributed by atoms with E-state index in [1.54, 1.807) is 6.07 Å².